The van der Waals surface area contributed by atoms with Gasteiger partial charge in [0.1, 0.15) is 11.7 Å². The van der Waals surface area contributed by atoms with Gasteiger partial charge in [-0.2, -0.15) is 0 Å². The van der Waals surface area contributed by atoms with Gasteiger partial charge >= 0.3 is 0 Å². The highest BCUT2D eigenvalue weighted by Gasteiger charge is 2.11. The third-order valence-corrected chi connectivity index (χ3v) is 4.71. The minimum Gasteiger partial charge on any atom is -0.367 e. The Bertz CT molecular complexity index is 740. The number of hydrogen-bond donors (Lipinski definition) is 0. The molecule has 2 rings (SSSR count). The standard InChI is InChI=1S/C22H22Cl2F2O/c1-3-19(15-5-9-17(23)10-6-15)21(25)13-27-14-22(26)20(4-2)16-7-11-18(24)12-8-16/h5-12H,3-4,13-14H2,1-2H3/b21-19+,22-20+. The van der Waals surface area contributed by atoms with Crippen LogP contribution in [0.4, 0.5) is 8.78 Å². The van der Waals surface area contributed by atoms with Crippen LogP contribution in [0.3, 0.4) is 0 Å². The summed E-state index contributed by atoms with van der Waals surface area (Å²) in [5.41, 5.74) is 2.55. The van der Waals surface area contributed by atoms with E-state index in [0.29, 0.717) is 34.0 Å². The monoisotopic (exact) mass is 410 g/mol. The van der Waals surface area contributed by atoms with Crippen molar-refractivity contribution < 1.29 is 13.5 Å². The Morgan fingerprint density at radius 1 is 0.704 bits per heavy atom. The van der Waals surface area contributed by atoms with Crippen molar-refractivity contribution in [2.75, 3.05) is 13.2 Å². The van der Waals surface area contributed by atoms with Crippen molar-refractivity contribution >= 4 is 34.3 Å². The molecule has 0 amide bonds. The molecule has 2 aromatic carbocycles. The van der Waals surface area contributed by atoms with Crippen LogP contribution in [0.15, 0.2) is 60.2 Å². The highest BCUT2D eigenvalue weighted by atomic mass is 35.5. The average Bonchev–Trinajstić information content (AvgIpc) is 2.66. The van der Waals surface area contributed by atoms with Gasteiger partial charge in [-0.15, -0.1) is 0 Å². The molecule has 0 saturated carbocycles. The van der Waals surface area contributed by atoms with Gasteiger partial charge in [-0.1, -0.05) is 61.3 Å². The van der Waals surface area contributed by atoms with Crippen molar-refractivity contribution in [3.63, 3.8) is 0 Å². The normalized spacial score (nSPS) is 13.3. The SMILES string of the molecule is CC/C(=C(\F)COC/C(F)=C(/CC)c1ccc(Cl)cc1)c1ccc(Cl)cc1. The Morgan fingerprint density at radius 2 is 1.04 bits per heavy atom. The molecule has 0 saturated heterocycles. The predicted octanol–water partition coefficient (Wildman–Crippen LogP) is 7.89. The van der Waals surface area contributed by atoms with Gasteiger partial charge in [0.05, 0.1) is 13.2 Å². The van der Waals surface area contributed by atoms with Crippen LogP contribution >= 0.6 is 23.2 Å². The van der Waals surface area contributed by atoms with Crippen molar-refractivity contribution in [2.45, 2.75) is 26.7 Å². The first-order valence-corrected chi connectivity index (χ1v) is 9.56. The predicted molar refractivity (Wildman–Crippen MR) is 110 cm³/mol. The number of halogens is 4. The number of ether oxygens (including phenoxy) is 1. The summed E-state index contributed by atoms with van der Waals surface area (Å²) in [5, 5.41) is 1.18. The van der Waals surface area contributed by atoms with Crippen LogP contribution in [0.25, 0.3) is 11.1 Å². The van der Waals surface area contributed by atoms with Gasteiger partial charge in [-0.25, -0.2) is 8.78 Å². The maximum absolute atomic E-state index is 14.5. The molecule has 1 nitrogen and oxygen atoms in total. The molecule has 0 unspecified atom stereocenters. The summed E-state index contributed by atoms with van der Waals surface area (Å²) in [7, 11) is 0. The highest BCUT2D eigenvalue weighted by molar-refractivity contribution is 6.30. The summed E-state index contributed by atoms with van der Waals surface area (Å²) in [6, 6.07) is 13.9. The fourth-order valence-electron chi connectivity index (χ4n) is 2.81. The quantitative estimate of drug-likeness (QED) is 0.429. The zero-order chi connectivity index (χ0) is 19.8. The lowest BCUT2D eigenvalue weighted by Gasteiger charge is -2.11. The zero-order valence-electron chi connectivity index (χ0n) is 15.4. The van der Waals surface area contributed by atoms with Crippen LogP contribution in [0, 0.1) is 0 Å². The number of hydrogen-bond acceptors (Lipinski definition) is 1. The van der Waals surface area contributed by atoms with Crippen molar-refractivity contribution in [3.05, 3.63) is 81.4 Å². The van der Waals surface area contributed by atoms with Crippen LogP contribution in [0.5, 0.6) is 0 Å². The molecular formula is C22H22Cl2F2O. The maximum atomic E-state index is 14.5. The first-order chi connectivity index (χ1) is 13.0. The van der Waals surface area contributed by atoms with Crippen LogP contribution < -0.4 is 0 Å². The van der Waals surface area contributed by atoms with E-state index in [9.17, 15) is 8.78 Å². The summed E-state index contributed by atoms with van der Waals surface area (Å²) in [6.45, 7) is 3.16. The summed E-state index contributed by atoms with van der Waals surface area (Å²) in [5.74, 6) is -0.811. The average molecular weight is 411 g/mol. The Hall–Kier alpha value is -1.68. The minimum absolute atomic E-state index is 0.281. The molecule has 2 aromatic rings. The van der Waals surface area contributed by atoms with E-state index in [2.05, 4.69) is 0 Å². The fourth-order valence-corrected chi connectivity index (χ4v) is 3.06. The van der Waals surface area contributed by atoms with E-state index >= 15 is 0 Å². The molecular weight excluding hydrogens is 389 g/mol. The zero-order valence-corrected chi connectivity index (χ0v) is 16.9. The molecule has 27 heavy (non-hydrogen) atoms. The van der Waals surface area contributed by atoms with E-state index in [1.807, 2.05) is 13.8 Å². The highest BCUT2D eigenvalue weighted by Crippen LogP contribution is 2.27. The molecule has 0 aromatic heterocycles. The Kier molecular flexibility index (Phi) is 8.49. The van der Waals surface area contributed by atoms with Crippen LogP contribution in [-0.2, 0) is 4.74 Å². The second kappa shape index (κ2) is 10.6. The van der Waals surface area contributed by atoms with Crippen LogP contribution in [-0.4, -0.2) is 13.2 Å². The van der Waals surface area contributed by atoms with Gasteiger partial charge in [0, 0.05) is 10.0 Å². The molecule has 0 spiro atoms. The maximum Gasteiger partial charge on any atom is 0.129 e. The number of allylic oxidation sites excluding steroid dienone is 2. The molecule has 0 aliphatic heterocycles. The van der Waals surface area contributed by atoms with E-state index < -0.39 is 11.7 Å². The van der Waals surface area contributed by atoms with Crippen LogP contribution in [0.1, 0.15) is 37.8 Å². The van der Waals surface area contributed by atoms with E-state index in [0.717, 1.165) is 11.1 Å². The number of rotatable bonds is 8. The summed E-state index contributed by atoms with van der Waals surface area (Å²) in [6.07, 6.45) is 1.00. The van der Waals surface area contributed by atoms with Crippen molar-refractivity contribution in [2.24, 2.45) is 0 Å². The van der Waals surface area contributed by atoms with Gasteiger partial charge in [-0.3, -0.25) is 0 Å². The van der Waals surface area contributed by atoms with Gasteiger partial charge in [0.2, 0.25) is 0 Å². The molecule has 5 heteroatoms. The lowest BCUT2D eigenvalue weighted by molar-refractivity contribution is 0.151. The third-order valence-electron chi connectivity index (χ3n) is 4.20. The second-order valence-electron chi connectivity index (χ2n) is 5.98. The second-order valence-corrected chi connectivity index (χ2v) is 6.85. The molecule has 0 fully saturated rings. The molecule has 144 valence electrons. The molecule has 0 aliphatic carbocycles. The Balaban J connectivity index is 2.08. The molecule has 0 atom stereocenters. The van der Waals surface area contributed by atoms with E-state index in [1.165, 1.54) is 0 Å². The van der Waals surface area contributed by atoms with Gasteiger partial charge < -0.3 is 4.74 Å². The smallest absolute Gasteiger partial charge is 0.129 e. The Morgan fingerprint density at radius 3 is 1.33 bits per heavy atom. The Labute approximate surface area is 169 Å². The van der Waals surface area contributed by atoms with Gasteiger partial charge in [0.25, 0.3) is 0 Å². The van der Waals surface area contributed by atoms with Crippen molar-refractivity contribution in [1.82, 2.24) is 0 Å². The number of benzene rings is 2. The third kappa shape index (κ3) is 6.17. The van der Waals surface area contributed by atoms with Gasteiger partial charge in [-0.05, 0) is 59.4 Å². The van der Waals surface area contributed by atoms with E-state index in [1.54, 1.807) is 48.5 Å². The molecule has 0 aliphatic rings. The summed E-state index contributed by atoms with van der Waals surface area (Å²) in [4.78, 5) is 0. The fraction of sp³-hybridized carbons (Fsp3) is 0.273. The first kappa shape index (κ1) is 21.6. The minimum atomic E-state index is -0.405. The first-order valence-electron chi connectivity index (χ1n) is 8.80. The van der Waals surface area contributed by atoms with Gasteiger partial charge in [0.15, 0.2) is 0 Å². The van der Waals surface area contributed by atoms with Crippen LogP contribution in [0.2, 0.25) is 10.0 Å². The molecule has 0 radical (unpaired) electrons. The lowest BCUT2D eigenvalue weighted by atomic mass is 10.0. The van der Waals surface area contributed by atoms with E-state index in [-0.39, 0.29) is 13.2 Å². The molecule has 0 heterocycles. The largest absolute Gasteiger partial charge is 0.367 e. The van der Waals surface area contributed by atoms with Crippen molar-refractivity contribution in [1.29, 1.82) is 0 Å². The molecule has 0 N–H and O–H groups in total. The van der Waals surface area contributed by atoms with Crippen molar-refractivity contribution in [3.8, 4) is 0 Å². The summed E-state index contributed by atoms with van der Waals surface area (Å²) >= 11 is 11.7. The van der Waals surface area contributed by atoms with E-state index in [4.69, 9.17) is 27.9 Å². The molecule has 0 bridgehead atoms. The topological polar surface area (TPSA) is 9.23 Å². The lowest BCUT2D eigenvalue weighted by Crippen LogP contribution is -2.02. The summed E-state index contributed by atoms with van der Waals surface area (Å²) < 4.78 is 34.3.